The highest BCUT2D eigenvalue weighted by Gasteiger charge is 2.22. The fourth-order valence-electron chi connectivity index (χ4n) is 3.81. The van der Waals surface area contributed by atoms with E-state index < -0.39 is 0 Å². The first-order valence-corrected chi connectivity index (χ1v) is 10.4. The molecule has 0 saturated carbocycles. The molecule has 0 bridgehead atoms. The van der Waals surface area contributed by atoms with Crippen molar-refractivity contribution < 1.29 is 14.3 Å². The van der Waals surface area contributed by atoms with E-state index in [1.807, 2.05) is 25.1 Å². The lowest BCUT2D eigenvalue weighted by Gasteiger charge is -2.25. The van der Waals surface area contributed by atoms with Crippen LogP contribution in [0.15, 0.2) is 54.4 Å². The first-order valence-electron chi connectivity index (χ1n) is 10.4. The van der Waals surface area contributed by atoms with E-state index in [-0.39, 0.29) is 12.5 Å². The average Bonchev–Trinajstić information content (AvgIpc) is 3.23. The molecule has 7 heteroatoms. The second-order valence-corrected chi connectivity index (χ2v) is 7.22. The van der Waals surface area contributed by atoms with Gasteiger partial charge in [0.15, 0.2) is 0 Å². The van der Waals surface area contributed by atoms with Crippen molar-refractivity contribution in [2.45, 2.75) is 20.3 Å². The number of nitrogens with one attached hydrogen (secondary N) is 1. The molecule has 0 spiro atoms. The van der Waals surface area contributed by atoms with Crippen LogP contribution in [-0.2, 0) is 14.3 Å². The highest BCUT2D eigenvalue weighted by atomic mass is 16.5. The number of morpholine rings is 1. The van der Waals surface area contributed by atoms with Crippen molar-refractivity contribution in [3.05, 3.63) is 60.0 Å². The number of hydrogen-bond acceptors (Lipinski definition) is 5. The van der Waals surface area contributed by atoms with Gasteiger partial charge in [0, 0.05) is 22.7 Å². The zero-order chi connectivity index (χ0) is 21.8. The number of methoxy groups -OCH3 is 1. The summed E-state index contributed by atoms with van der Waals surface area (Å²) in [5.74, 6) is 1.38. The number of benzene rings is 1. The minimum atomic E-state index is -0.0856. The quantitative estimate of drug-likeness (QED) is 0.476. The normalized spacial score (nSPS) is 15.6. The number of hydrogen-bond donors (Lipinski definition) is 1. The molecular weight excluding hydrogens is 392 g/mol. The van der Waals surface area contributed by atoms with E-state index in [0.29, 0.717) is 19.0 Å². The molecule has 160 valence electrons. The second kappa shape index (κ2) is 9.14. The SMILES string of the molecule is CC=C(C(=CCC)OC)c1ccc2[nH]nc(-c3ccnc(N4CCOCC4=O)c3)c2c1. The van der Waals surface area contributed by atoms with E-state index in [1.54, 1.807) is 18.2 Å². The molecule has 4 rings (SSSR count). The van der Waals surface area contributed by atoms with Crippen molar-refractivity contribution in [1.82, 2.24) is 15.2 Å². The Morgan fingerprint density at radius 1 is 1.32 bits per heavy atom. The molecule has 1 N–H and O–H groups in total. The Labute approximate surface area is 181 Å². The molecule has 0 aliphatic carbocycles. The number of rotatable bonds is 6. The van der Waals surface area contributed by atoms with E-state index in [2.05, 4.69) is 46.4 Å². The summed E-state index contributed by atoms with van der Waals surface area (Å²) in [7, 11) is 1.69. The second-order valence-electron chi connectivity index (χ2n) is 7.22. The molecule has 1 aliphatic rings. The minimum Gasteiger partial charge on any atom is -0.496 e. The van der Waals surface area contributed by atoms with Crippen LogP contribution < -0.4 is 4.90 Å². The van der Waals surface area contributed by atoms with E-state index in [4.69, 9.17) is 9.47 Å². The van der Waals surface area contributed by atoms with Gasteiger partial charge in [0.2, 0.25) is 0 Å². The average molecular weight is 418 g/mol. The van der Waals surface area contributed by atoms with Crippen molar-refractivity contribution >= 4 is 28.2 Å². The lowest BCUT2D eigenvalue weighted by Crippen LogP contribution is -2.42. The van der Waals surface area contributed by atoms with E-state index in [1.165, 1.54) is 0 Å². The monoisotopic (exact) mass is 418 g/mol. The Kier molecular flexibility index (Phi) is 6.13. The number of anilines is 1. The number of nitrogens with zero attached hydrogens (tertiary/aromatic N) is 3. The maximum atomic E-state index is 12.2. The number of carbonyl (C=O) groups is 1. The van der Waals surface area contributed by atoms with Crippen molar-refractivity contribution in [1.29, 1.82) is 0 Å². The number of carbonyl (C=O) groups excluding carboxylic acids is 1. The van der Waals surface area contributed by atoms with Gasteiger partial charge in [-0.25, -0.2) is 4.98 Å². The van der Waals surface area contributed by atoms with Crippen LogP contribution in [-0.4, -0.2) is 48.0 Å². The van der Waals surface area contributed by atoms with Gasteiger partial charge in [0.1, 0.15) is 23.9 Å². The van der Waals surface area contributed by atoms with Crippen LogP contribution in [0.3, 0.4) is 0 Å². The maximum Gasteiger partial charge on any atom is 0.254 e. The standard InChI is InChI=1S/C24H26N4O3/c1-4-6-21(30-3)18(5-2)16-7-8-20-19(13-16)24(27-26-20)17-9-10-25-22(14-17)28-11-12-31-15-23(28)29/h5-10,13-14H,4,11-12,15H2,1-3H3,(H,26,27). The number of amides is 1. The lowest BCUT2D eigenvalue weighted by molar-refractivity contribution is -0.125. The molecule has 3 aromatic rings. The largest absolute Gasteiger partial charge is 0.496 e. The molecule has 3 heterocycles. The van der Waals surface area contributed by atoms with Crippen LogP contribution in [0.4, 0.5) is 5.82 Å². The fraction of sp³-hybridized carbons (Fsp3) is 0.292. The summed E-state index contributed by atoms with van der Waals surface area (Å²) in [6.45, 7) is 5.18. The molecule has 1 amide bonds. The number of aromatic nitrogens is 3. The number of ether oxygens (including phenoxy) is 2. The molecule has 0 radical (unpaired) electrons. The first kappa shape index (κ1) is 20.8. The van der Waals surface area contributed by atoms with E-state index >= 15 is 0 Å². The van der Waals surface area contributed by atoms with Crippen LogP contribution in [0.2, 0.25) is 0 Å². The van der Waals surface area contributed by atoms with Gasteiger partial charge in [-0.1, -0.05) is 19.1 Å². The molecular formula is C24H26N4O3. The van der Waals surface area contributed by atoms with Crippen molar-refractivity contribution in [2.75, 3.05) is 31.8 Å². The van der Waals surface area contributed by atoms with Gasteiger partial charge >= 0.3 is 0 Å². The molecule has 1 fully saturated rings. The zero-order valence-corrected chi connectivity index (χ0v) is 18.0. The summed E-state index contributed by atoms with van der Waals surface area (Å²) in [5.41, 5.74) is 4.74. The highest BCUT2D eigenvalue weighted by molar-refractivity contribution is 5.98. The van der Waals surface area contributed by atoms with Gasteiger partial charge in [-0.2, -0.15) is 5.10 Å². The Morgan fingerprint density at radius 2 is 2.19 bits per heavy atom. The third kappa shape index (κ3) is 4.09. The van der Waals surface area contributed by atoms with Crippen LogP contribution in [0.1, 0.15) is 25.8 Å². The smallest absolute Gasteiger partial charge is 0.254 e. The first-order chi connectivity index (χ1) is 15.2. The topological polar surface area (TPSA) is 80.3 Å². The zero-order valence-electron chi connectivity index (χ0n) is 18.0. The van der Waals surface area contributed by atoms with Crippen molar-refractivity contribution in [3.63, 3.8) is 0 Å². The minimum absolute atomic E-state index is 0.0832. The fourth-order valence-corrected chi connectivity index (χ4v) is 3.81. The summed E-state index contributed by atoms with van der Waals surface area (Å²) in [6, 6.07) is 10.0. The van der Waals surface area contributed by atoms with E-state index in [9.17, 15) is 4.79 Å². The van der Waals surface area contributed by atoms with Crippen LogP contribution in [0, 0.1) is 0 Å². The van der Waals surface area contributed by atoms with Gasteiger partial charge < -0.3 is 9.47 Å². The van der Waals surface area contributed by atoms with Crippen molar-refractivity contribution in [2.24, 2.45) is 0 Å². The number of aromatic amines is 1. The molecule has 0 atom stereocenters. The Balaban J connectivity index is 1.76. The number of allylic oxidation sites excluding steroid dienone is 3. The number of pyridine rings is 1. The molecule has 1 saturated heterocycles. The van der Waals surface area contributed by atoms with E-state index in [0.717, 1.165) is 45.5 Å². The summed E-state index contributed by atoms with van der Waals surface area (Å²) in [6.07, 6.45) is 6.73. The lowest BCUT2D eigenvalue weighted by atomic mass is 9.99. The van der Waals surface area contributed by atoms with Crippen LogP contribution >= 0.6 is 0 Å². The summed E-state index contributed by atoms with van der Waals surface area (Å²) in [4.78, 5) is 18.3. The summed E-state index contributed by atoms with van der Waals surface area (Å²) < 4.78 is 10.8. The van der Waals surface area contributed by atoms with Gasteiger partial charge in [0.25, 0.3) is 5.91 Å². The van der Waals surface area contributed by atoms with Gasteiger partial charge in [0.05, 0.1) is 25.8 Å². The van der Waals surface area contributed by atoms with Crippen molar-refractivity contribution in [3.8, 4) is 11.3 Å². The summed E-state index contributed by atoms with van der Waals surface area (Å²) in [5, 5.41) is 8.66. The van der Waals surface area contributed by atoms with Gasteiger partial charge in [-0.05, 0) is 49.2 Å². The Morgan fingerprint density at radius 3 is 2.94 bits per heavy atom. The molecule has 7 nitrogen and oxygen atoms in total. The third-order valence-electron chi connectivity index (χ3n) is 5.32. The Bertz CT molecular complexity index is 1160. The molecule has 0 unspecified atom stereocenters. The van der Waals surface area contributed by atoms with Crippen LogP contribution in [0.25, 0.3) is 27.7 Å². The van der Waals surface area contributed by atoms with Gasteiger partial charge in [-0.15, -0.1) is 0 Å². The number of H-pyrrole nitrogens is 1. The highest BCUT2D eigenvalue weighted by Crippen LogP contribution is 2.32. The summed E-state index contributed by atoms with van der Waals surface area (Å²) >= 11 is 0. The molecule has 1 aromatic carbocycles. The molecule has 2 aromatic heterocycles. The molecule has 1 aliphatic heterocycles. The third-order valence-corrected chi connectivity index (χ3v) is 5.32. The predicted octanol–water partition coefficient (Wildman–Crippen LogP) is 4.33. The Hall–Kier alpha value is -3.45. The molecule has 31 heavy (non-hydrogen) atoms. The van der Waals surface area contributed by atoms with Crippen LogP contribution in [0.5, 0.6) is 0 Å². The number of fused-ring (bicyclic) bond motifs is 1. The van der Waals surface area contributed by atoms with Gasteiger partial charge in [-0.3, -0.25) is 14.8 Å². The predicted molar refractivity (Wildman–Crippen MR) is 122 cm³/mol. The maximum absolute atomic E-state index is 12.2.